The van der Waals surface area contributed by atoms with Crippen LogP contribution in [0.2, 0.25) is 0 Å². The van der Waals surface area contributed by atoms with Crippen molar-refractivity contribution in [1.29, 1.82) is 0 Å². The van der Waals surface area contributed by atoms with E-state index in [9.17, 15) is 9.59 Å². The van der Waals surface area contributed by atoms with E-state index >= 15 is 0 Å². The van der Waals surface area contributed by atoms with E-state index in [-0.39, 0.29) is 11.5 Å². The third-order valence-corrected chi connectivity index (χ3v) is 7.41. The summed E-state index contributed by atoms with van der Waals surface area (Å²) in [4.78, 5) is 28.1. The van der Waals surface area contributed by atoms with Crippen LogP contribution in [0.3, 0.4) is 0 Å². The van der Waals surface area contributed by atoms with Gasteiger partial charge >= 0.3 is 0 Å². The Hall–Kier alpha value is -2.20. The molecule has 160 valence electrons. The molecule has 10 heteroatoms. The molecule has 3 aromatic heterocycles. The first-order valence-electron chi connectivity index (χ1n) is 10.4. The Morgan fingerprint density at radius 3 is 2.80 bits per heavy atom. The molecular formula is C20H26N6O2S2. The largest absolute Gasteiger partial charge is 0.299 e. The van der Waals surface area contributed by atoms with Crippen LogP contribution in [0, 0.1) is 11.8 Å². The average molecular weight is 447 g/mol. The fourth-order valence-electron chi connectivity index (χ4n) is 3.87. The second-order valence-corrected chi connectivity index (χ2v) is 10.5. The lowest BCUT2D eigenvalue weighted by atomic mass is 9.89. The molecule has 0 saturated carbocycles. The standard InChI is InChI=1S/C20H26N6O2S2/c1-5-13(17(27)21-20-24-22-15(30-20)8-10(2)3)26-19(28)16-12-7-6-11(4)9-14(12)29-18(16)23-25-26/h10-11,13H,5-9H2,1-4H3,(H,21,24,27). The van der Waals surface area contributed by atoms with E-state index in [4.69, 9.17) is 0 Å². The molecule has 1 aliphatic rings. The molecule has 0 fully saturated rings. The maximum absolute atomic E-state index is 13.3. The molecule has 8 nitrogen and oxygen atoms in total. The van der Waals surface area contributed by atoms with Crippen molar-refractivity contribution in [3.8, 4) is 0 Å². The Morgan fingerprint density at radius 1 is 1.27 bits per heavy atom. The van der Waals surface area contributed by atoms with Crippen LogP contribution in [0.15, 0.2) is 4.79 Å². The number of aryl methyl sites for hydroxylation is 1. The molecule has 0 aromatic carbocycles. The van der Waals surface area contributed by atoms with Gasteiger partial charge in [-0.1, -0.05) is 44.2 Å². The van der Waals surface area contributed by atoms with Gasteiger partial charge in [0, 0.05) is 11.3 Å². The highest BCUT2D eigenvalue weighted by Crippen LogP contribution is 2.35. The lowest BCUT2D eigenvalue weighted by Crippen LogP contribution is -2.35. The molecule has 2 unspecified atom stereocenters. The summed E-state index contributed by atoms with van der Waals surface area (Å²) in [6, 6.07) is -0.745. The van der Waals surface area contributed by atoms with Gasteiger partial charge in [-0.15, -0.1) is 26.6 Å². The van der Waals surface area contributed by atoms with Gasteiger partial charge in [0.25, 0.3) is 11.5 Å². The van der Waals surface area contributed by atoms with Crippen molar-refractivity contribution in [2.24, 2.45) is 11.8 Å². The second kappa shape index (κ2) is 8.50. The molecule has 3 heterocycles. The number of anilines is 1. The molecular weight excluding hydrogens is 420 g/mol. The lowest BCUT2D eigenvalue weighted by Gasteiger charge is -2.18. The maximum atomic E-state index is 13.3. The van der Waals surface area contributed by atoms with E-state index < -0.39 is 6.04 Å². The number of fused-ring (bicyclic) bond motifs is 3. The molecule has 1 N–H and O–H groups in total. The van der Waals surface area contributed by atoms with Crippen molar-refractivity contribution in [3.05, 3.63) is 25.8 Å². The van der Waals surface area contributed by atoms with Gasteiger partial charge in [0.15, 0.2) is 4.83 Å². The molecule has 3 aromatic rings. The number of carbonyl (C=O) groups excluding carboxylic acids is 1. The van der Waals surface area contributed by atoms with Crippen LogP contribution in [-0.4, -0.2) is 31.1 Å². The number of hydrogen-bond donors (Lipinski definition) is 1. The van der Waals surface area contributed by atoms with Gasteiger partial charge in [0.05, 0.1) is 5.39 Å². The Kier molecular flexibility index (Phi) is 5.97. The fraction of sp³-hybridized carbons (Fsp3) is 0.600. The summed E-state index contributed by atoms with van der Waals surface area (Å²) in [5, 5.41) is 21.4. The summed E-state index contributed by atoms with van der Waals surface area (Å²) in [6.45, 7) is 8.31. The van der Waals surface area contributed by atoms with Gasteiger partial charge in [0.2, 0.25) is 5.13 Å². The van der Waals surface area contributed by atoms with Gasteiger partial charge in [-0.05, 0) is 43.1 Å². The van der Waals surface area contributed by atoms with Crippen molar-refractivity contribution in [2.75, 3.05) is 5.32 Å². The van der Waals surface area contributed by atoms with E-state index in [0.717, 1.165) is 36.3 Å². The first kappa shape index (κ1) is 21.0. The van der Waals surface area contributed by atoms with Crippen molar-refractivity contribution in [1.82, 2.24) is 25.2 Å². The number of aromatic nitrogens is 5. The molecule has 1 amide bonds. The Bertz CT molecular complexity index is 1130. The maximum Gasteiger partial charge on any atom is 0.279 e. The quantitative estimate of drug-likeness (QED) is 0.620. The molecule has 30 heavy (non-hydrogen) atoms. The van der Waals surface area contributed by atoms with Gasteiger partial charge in [-0.25, -0.2) is 0 Å². The van der Waals surface area contributed by atoms with Crippen molar-refractivity contribution in [2.45, 2.75) is 65.8 Å². The molecule has 0 saturated heterocycles. The van der Waals surface area contributed by atoms with E-state index in [2.05, 4.69) is 46.6 Å². The van der Waals surface area contributed by atoms with Crippen LogP contribution in [0.1, 0.15) is 62.0 Å². The fourth-order valence-corrected chi connectivity index (χ4v) is 6.14. The van der Waals surface area contributed by atoms with Crippen LogP contribution in [0.4, 0.5) is 5.13 Å². The van der Waals surface area contributed by atoms with E-state index in [1.165, 1.54) is 20.9 Å². The van der Waals surface area contributed by atoms with Gasteiger partial charge in [-0.3, -0.25) is 14.9 Å². The minimum Gasteiger partial charge on any atom is -0.299 e. The predicted octanol–water partition coefficient (Wildman–Crippen LogP) is 3.62. The van der Waals surface area contributed by atoms with Crippen LogP contribution >= 0.6 is 22.7 Å². The van der Waals surface area contributed by atoms with Crippen LogP contribution < -0.4 is 10.9 Å². The van der Waals surface area contributed by atoms with E-state index in [0.29, 0.717) is 33.6 Å². The highest BCUT2D eigenvalue weighted by molar-refractivity contribution is 7.18. The third kappa shape index (κ3) is 4.02. The number of nitrogens with zero attached hydrogens (tertiary/aromatic N) is 5. The number of hydrogen-bond acceptors (Lipinski definition) is 8. The number of amides is 1. The molecule has 1 aliphatic carbocycles. The smallest absolute Gasteiger partial charge is 0.279 e. The molecule has 4 rings (SSSR count). The van der Waals surface area contributed by atoms with Gasteiger partial charge in [0.1, 0.15) is 11.0 Å². The molecule has 0 aliphatic heterocycles. The first-order chi connectivity index (χ1) is 14.4. The van der Waals surface area contributed by atoms with Crippen LogP contribution in [0.5, 0.6) is 0 Å². The first-order valence-corrected chi connectivity index (χ1v) is 12.0. The number of nitrogens with one attached hydrogen (secondary N) is 1. The van der Waals surface area contributed by atoms with Crippen molar-refractivity contribution in [3.63, 3.8) is 0 Å². The summed E-state index contributed by atoms with van der Waals surface area (Å²) in [5.74, 6) is 0.755. The van der Waals surface area contributed by atoms with Crippen LogP contribution in [-0.2, 0) is 24.1 Å². The van der Waals surface area contributed by atoms with Crippen LogP contribution in [0.25, 0.3) is 10.2 Å². The number of rotatable bonds is 6. The zero-order valence-corrected chi connectivity index (χ0v) is 19.3. The summed E-state index contributed by atoms with van der Waals surface area (Å²) in [5.41, 5.74) is 0.867. The Balaban J connectivity index is 1.62. The minimum atomic E-state index is -0.745. The summed E-state index contributed by atoms with van der Waals surface area (Å²) < 4.78 is 1.23. The molecule has 2 atom stereocenters. The Morgan fingerprint density at radius 2 is 2.07 bits per heavy atom. The lowest BCUT2D eigenvalue weighted by molar-refractivity contribution is -0.119. The zero-order chi connectivity index (χ0) is 21.4. The minimum absolute atomic E-state index is 0.230. The third-order valence-electron chi connectivity index (χ3n) is 5.41. The molecule has 0 bridgehead atoms. The normalized spacial score (nSPS) is 17.3. The SMILES string of the molecule is CCC(C(=O)Nc1nnc(CC(C)C)s1)n1nnc2sc3c(c2c1=O)CCC(C)C3. The van der Waals surface area contributed by atoms with Crippen molar-refractivity contribution < 1.29 is 4.79 Å². The summed E-state index contributed by atoms with van der Waals surface area (Å²) >= 11 is 2.92. The summed E-state index contributed by atoms with van der Waals surface area (Å²) in [7, 11) is 0. The van der Waals surface area contributed by atoms with Gasteiger partial charge < -0.3 is 0 Å². The Labute approximate surface area is 182 Å². The van der Waals surface area contributed by atoms with Gasteiger partial charge in [-0.2, -0.15) is 4.68 Å². The highest BCUT2D eigenvalue weighted by atomic mass is 32.1. The average Bonchev–Trinajstić information content (AvgIpc) is 3.27. The summed E-state index contributed by atoms with van der Waals surface area (Å²) in [6.07, 6.45) is 4.16. The molecule has 0 spiro atoms. The molecule has 0 radical (unpaired) electrons. The second-order valence-electron chi connectivity index (χ2n) is 8.38. The monoisotopic (exact) mass is 446 g/mol. The zero-order valence-electron chi connectivity index (χ0n) is 17.6. The van der Waals surface area contributed by atoms with Crippen molar-refractivity contribution >= 4 is 43.9 Å². The number of thiophene rings is 1. The van der Waals surface area contributed by atoms with E-state index in [1.807, 2.05) is 6.92 Å². The topological polar surface area (TPSA) is 103 Å². The number of carbonyl (C=O) groups is 1. The van der Waals surface area contributed by atoms with E-state index in [1.54, 1.807) is 11.3 Å². The highest BCUT2D eigenvalue weighted by Gasteiger charge is 2.28. The predicted molar refractivity (Wildman–Crippen MR) is 119 cm³/mol.